The fraction of sp³-hybridized carbons (Fsp3) is 0.269. The molecule has 39 heavy (non-hydrogen) atoms. The van der Waals surface area contributed by atoms with Gasteiger partial charge < -0.3 is 19.8 Å². The fourth-order valence-electron chi connectivity index (χ4n) is 4.43. The van der Waals surface area contributed by atoms with Crippen LogP contribution in [0.3, 0.4) is 0 Å². The van der Waals surface area contributed by atoms with Crippen molar-refractivity contribution in [2.24, 2.45) is 14.1 Å². The third-order valence-electron chi connectivity index (χ3n) is 6.36. The minimum Gasteiger partial charge on any atom is -0.501 e. The van der Waals surface area contributed by atoms with E-state index >= 15 is 0 Å². The zero-order valence-electron chi connectivity index (χ0n) is 21.9. The molecule has 3 heterocycles. The first-order valence-electron chi connectivity index (χ1n) is 11.8. The summed E-state index contributed by atoms with van der Waals surface area (Å²) < 4.78 is 7.45. The maximum Gasteiger partial charge on any atom is 0.296 e. The highest BCUT2D eigenvalue weighted by Gasteiger charge is 2.32. The van der Waals surface area contributed by atoms with Crippen LogP contribution >= 0.6 is 0 Å². The van der Waals surface area contributed by atoms with Gasteiger partial charge >= 0.3 is 0 Å². The Labute approximate surface area is 222 Å². The second kappa shape index (κ2) is 10.6. The third kappa shape index (κ3) is 5.12. The smallest absolute Gasteiger partial charge is 0.296 e. The number of aromatic hydroxyl groups is 1. The average molecular weight is 531 g/mol. The Kier molecular flexibility index (Phi) is 7.30. The Morgan fingerprint density at radius 3 is 2.56 bits per heavy atom. The summed E-state index contributed by atoms with van der Waals surface area (Å²) in [5.74, 6) is -2.99. The Morgan fingerprint density at radius 1 is 1.23 bits per heavy atom. The maximum atomic E-state index is 13.0. The summed E-state index contributed by atoms with van der Waals surface area (Å²) >= 11 is 0. The van der Waals surface area contributed by atoms with Crippen LogP contribution in [0.25, 0.3) is 0 Å². The third-order valence-corrected chi connectivity index (χ3v) is 6.36. The molecule has 0 saturated heterocycles. The van der Waals surface area contributed by atoms with Crippen LogP contribution in [0.4, 0.5) is 5.69 Å². The number of benzene rings is 1. The largest absolute Gasteiger partial charge is 0.501 e. The molecule has 200 valence electrons. The predicted molar refractivity (Wildman–Crippen MR) is 138 cm³/mol. The lowest BCUT2D eigenvalue weighted by molar-refractivity contribution is 0.0827. The molecule has 4 rings (SSSR count). The number of nitrogens with one attached hydrogen (secondary N) is 1. The number of hydrogen-bond donors (Lipinski definition) is 2. The second-order valence-electron chi connectivity index (χ2n) is 9.23. The average Bonchev–Trinajstić information content (AvgIpc) is 3.58. The molecule has 13 nitrogen and oxygen atoms in total. The lowest BCUT2D eigenvalue weighted by Gasteiger charge is -2.26. The Morgan fingerprint density at radius 2 is 1.97 bits per heavy atom. The van der Waals surface area contributed by atoms with Gasteiger partial charge in [-0.25, -0.2) is 4.98 Å². The van der Waals surface area contributed by atoms with Crippen molar-refractivity contribution in [2.45, 2.75) is 18.8 Å². The summed E-state index contributed by atoms with van der Waals surface area (Å²) in [6, 6.07) is 6.98. The lowest BCUT2D eigenvalue weighted by atomic mass is 9.79. The van der Waals surface area contributed by atoms with E-state index in [9.17, 15) is 24.8 Å². The van der Waals surface area contributed by atoms with E-state index in [0.29, 0.717) is 22.3 Å². The Bertz CT molecular complexity index is 1650. The van der Waals surface area contributed by atoms with Crippen molar-refractivity contribution in [2.75, 3.05) is 19.4 Å². The van der Waals surface area contributed by atoms with Crippen LogP contribution in [0.1, 0.15) is 62.1 Å². The number of anilines is 1. The standard InChI is InChI=1S/C26H26N8O5/c1-14(23-31-21(22(35)26(38)34(23)5)24(36)30-18-11-29-39-13-18)20(17-10-28-33(4)12-17)19-8-15(25(37)32(2)3)6-7-16(19)9-27/h6-8,10-14,20,35H,1-5H3,(H,30,36)/t14-,20-/m0/s1. The van der Waals surface area contributed by atoms with Gasteiger partial charge in [0.15, 0.2) is 5.69 Å². The van der Waals surface area contributed by atoms with Gasteiger partial charge in [-0.15, -0.1) is 0 Å². The van der Waals surface area contributed by atoms with Crippen molar-refractivity contribution in [3.8, 4) is 11.8 Å². The Balaban J connectivity index is 1.90. The minimum absolute atomic E-state index is 0.162. The van der Waals surface area contributed by atoms with Gasteiger partial charge in [0.1, 0.15) is 17.8 Å². The number of nitrogens with zero attached hydrogens (tertiary/aromatic N) is 7. The number of nitriles is 1. The summed E-state index contributed by atoms with van der Waals surface area (Å²) in [6.45, 7) is 1.78. The molecule has 0 bridgehead atoms. The number of carbonyl (C=O) groups excluding carboxylic acids is 2. The van der Waals surface area contributed by atoms with E-state index in [1.165, 1.54) is 24.4 Å². The zero-order chi connectivity index (χ0) is 28.4. The molecule has 0 spiro atoms. The van der Waals surface area contributed by atoms with Crippen LogP contribution in [0.5, 0.6) is 5.75 Å². The van der Waals surface area contributed by atoms with Gasteiger partial charge in [-0.05, 0) is 29.3 Å². The topological polar surface area (TPSA) is 172 Å². The summed E-state index contributed by atoms with van der Waals surface area (Å²) in [5, 5.41) is 30.7. The first kappa shape index (κ1) is 26.8. The highest BCUT2D eigenvalue weighted by molar-refractivity contribution is 6.04. The van der Waals surface area contributed by atoms with Crippen LogP contribution in [0.2, 0.25) is 0 Å². The van der Waals surface area contributed by atoms with Crippen molar-refractivity contribution in [1.82, 2.24) is 29.4 Å². The molecule has 0 saturated carbocycles. The van der Waals surface area contributed by atoms with Crippen LogP contribution in [0, 0.1) is 11.3 Å². The molecule has 0 aliphatic carbocycles. The number of aromatic nitrogens is 5. The number of amides is 2. The molecule has 0 unspecified atom stereocenters. The molecule has 2 amide bonds. The molecule has 13 heteroatoms. The molecular weight excluding hydrogens is 504 g/mol. The summed E-state index contributed by atoms with van der Waals surface area (Å²) in [4.78, 5) is 44.5. The number of carbonyl (C=O) groups is 2. The van der Waals surface area contributed by atoms with Gasteiger partial charge in [0, 0.05) is 51.8 Å². The maximum absolute atomic E-state index is 13.0. The molecule has 2 atom stereocenters. The monoisotopic (exact) mass is 530 g/mol. The van der Waals surface area contributed by atoms with Crippen LogP contribution in [-0.2, 0) is 14.1 Å². The molecule has 1 aromatic carbocycles. The van der Waals surface area contributed by atoms with Gasteiger partial charge in [-0.1, -0.05) is 12.1 Å². The summed E-state index contributed by atoms with van der Waals surface area (Å²) in [5.41, 5.74) is 0.798. The normalized spacial score (nSPS) is 12.4. The number of hydrogen-bond acceptors (Lipinski definition) is 9. The van der Waals surface area contributed by atoms with Crippen molar-refractivity contribution in [1.29, 1.82) is 5.26 Å². The molecule has 0 fully saturated rings. The van der Waals surface area contributed by atoms with Gasteiger partial charge in [-0.3, -0.25) is 23.6 Å². The van der Waals surface area contributed by atoms with E-state index in [2.05, 4.69) is 26.6 Å². The molecule has 0 aliphatic rings. The summed E-state index contributed by atoms with van der Waals surface area (Å²) in [6.07, 6.45) is 5.83. The predicted octanol–water partition coefficient (Wildman–Crippen LogP) is 1.97. The number of aryl methyl sites for hydroxylation is 1. The zero-order valence-corrected chi connectivity index (χ0v) is 21.9. The van der Waals surface area contributed by atoms with Gasteiger partial charge in [0.2, 0.25) is 5.75 Å². The molecule has 0 radical (unpaired) electrons. The SMILES string of the molecule is C[C@H](c1nc(C(=O)Nc2cnoc2)c(O)c(=O)n1C)[C@@H](c1cnn(C)c1)c1cc(C(=O)N(C)C)ccc1C#N. The lowest BCUT2D eigenvalue weighted by Crippen LogP contribution is -2.29. The van der Waals surface area contributed by atoms with Crippen LogP contribution in [0.15, 0.2) is 52.4 Å². The molecule has 3 aromatic heterocycles. The summed E-state index contributed by atoms with van der Waals surface area (Å²) in [7, 11) is 6.43. The van der Waals surface area contributed by atoms with Crippen molar-refractivity contribution in [3.63, 3.8) is 0 Å². The highest BCUT2D eigenvalue weighted by atomic mass is 16.5. The van der Waals surface area contributed by atoms with E-state index in [0.717, 1.165) is 4.57 Å². The molecule has 2 N–H and O–H groups in total. The van der Waals surface area contributed by atoms with Crippen molar-refractivity contribution >= 4 is 17.5 Å². The van der Waals surface area contributed by atoms with E-state index in [-0.39, 0.29) is 17.4 Å². The van der Waals surface area contributed by atoms with Crippen molar-refractivity contribution in [3.05, 3.63) is 87.2 Å². The quantitative estimate of drug-likeness (QED) is 0.362. The van der Waals surface area contributed by atoms with Gasteiger partial charge in [0.25, 0.3) is 17.4 Å². The van der Waals surface area contributed by atoms with E-state index in [1.807, 2.05) is 0 Å². The first-order valence-corrected chi connectivity index (χ1v) is 11.8. The highest BCUT2D eigenvalue weighted by Crippen LogP contribution is 2.39. The van der Waals surface area contributed by atoms with Gasteiger partial charge in [-0.2, -0.15) is 10.4 Å². The van der Waals surface area contributed by atoms with Crippen molar-refractivity contribution < 1.29 is 19.2 Å². The van der Waals surface area contributed by atoms with Gasteiger partial charge in [0.05, 0.1) is 24.0 Å². The van der Waals surface area contributed by atoms with Crippen LogP contribution in [-0.4, -0.2) is 60.4 Å². The number of rotatable bonds is 7. The molecule has 0 aliphatic heterocycles. The minimum atomic E-state index is -0.837. The van der Waals surface area contributed by atoms with E-state index in [1.54, 1.807) is 63.3 Å². The second-order valence-corrected chi connectivity index (χ2v) is 9.23. The van der Waals surface area contributed by atoms with Crippen LogP contribution < -0.4 is 10.9 Å². The molecule has 4 aromatic rings. The van der Waals surface area contributed by atoms with E-state index in [4.69, 9.17) is 4.52 Å². The fourth-order valence-corrected chi connectivity index (χ4v) is 4.43. The Hall–Kier alpha value is -5.25. The molecular formula is C26H26N8O5. The van der Waals surface area contributed by atoms with E-state index < -0.39 is 34.7 Å². The first-order chi connectivity index (χ1) is 18.5.